The highest BCUT2D eigenvalue weighted by Gasteiger charge is 2.26. The van der Waals surface area contributed by atoms with E-state index in [-0.39, 0.29) is 11.7 Å². The number of methoxy groups -OCH3 is 1. The molecule has 0 aliphatic carbocycles. The molecule has 0 saturated carbocycles. The molecule has 1 amide bonds. The molecule has 0 aromatic heterocycles. The molecule has 0 atom stereocenters. The Balaban J connectivity index is 2.79. The second-order valence-corrected chi connectivity index (χ2v) is 4.73. The average Bonchev–Trinajstić information content (AvgIpc) is 2.29. The molecule has 0 fully saturated rings. The predicted molar refractivity (Wildman–Crippen MR) is 69.0 cm³/mol. The fourth-order valence-corrected chi connectivity index (χ4v) is 1.52. The molecule has 1 aromatic carbocycles. The van der Waals surface area contributed by atoms with Crippen LogP contribution in [0.2, 0.25) is 0 Å². The van der Waals surface area contributed by atoms with E-state index in [9.17, 15) is 9.18 Å². The molecule has 0 radical (unpaired) electrons. The number of ether oxygens (including phenoxy) is 1. The number of hydrogen-bond acceptors (Lipinski definition) is 3. The Morgan fingerprint density at radius 1 is 1.50 bits per heavy atom. The summed E-state index contributed by atoms with van der Waals surface area (Å²) in [7, 11) is 1.39. The predicted octanol–water partition coefficient (Wildman–Crippen LogP) is 2.15. The Hall–Kier alpha value is -1.62. The lowest BCUT2D eigenvalue weighted by Crippen LogP contribution is -2.32. The van der Waals surface area contributed by atoms with Crippen molar-refractivity contribution in [1.29, 1.82) is 0 Å². The maximum absolute atomic E-state index is 13.4. The van der Waals surface area contributed by atoms with Crippen molar-refractivity contribution in [2.45, 2.75) is 20.3 Å². The van der Waals surface area contributed by atoms with E-state index in [1.165, 1.54) is 19.2 Å². The van der Waals surface area contributed by atoms with Crippen molar-refractivity contribution in [3.8, 4) is 5.75 Å². The third kappa shape index (κ3) is 3.43. The summed E-state index contributed by atoms with van der Waals surface area (Å²) in [5.41, 5.74) is 5.28. The lowest BCUT2D eigenvalue weighted by molar-refractivity contribution is -0.124. The van der Waals surface area contributed by atoms with E-state index in [0.29, 0.717) is 18.7 Å². The highest BCUT2D eigenvalue weighted by Crippen LogP contribution is 2.24. The number of hydrogen-bond donors (Lipinski definition) is 2. The van der Waals surface area contributed by atoms with Crippen molar-refractivity contribution in [3.05, 3.63) is 24.0 Å². The van der Waals surface area contributed by atoms with E-state index in [4.69, 9.17) is 10.5 Å². The first-order chi connectivity index (χ1) is 8.40. The van der Waals surface area contributed by atoms with Crippen LogP contribution in [-0.4, -0.2) is 19.6 Å². The monoisotopic (exact) mass is 254 g/mol. The third-order valence-corrected chi connectivity index (χ3v) is 2.79. The van der Waals surface area contributed by atoms with E-state index in [1.807, 2.05) is 0 Å². The van der Waals surface area contributed by atoms with Gasteiger partial charge in [-0.05, 0) is 25.1 Å². The van der Waals surface area contributed by atoms with Gasteiger partial charge in [0.25, 0.3) is 0 Å². The second kappa shape index (κ2) is 5.82. The smallest absolute Gasteiger partial charge is 0.230 e. The minimum Gasteiger partial charge on any atom is -0.494 e. The fraction of sp³-hybridized carbons (Fsp3) is 0.462. The van der Waals surface area contributed by atoms with Crippen LogP contribution in [0, 0.1) is 11.2 Å². The minimum atomic E-state index is -0.578. The van der Waals surface area contributed by atoms with Gasteiger partial charge in [0.15, 0.2) is 11.6 Å². The highest BCUT2D eigenvalue weighted by atomic mass is 19.1. The fourth-order valence-electron chi connectivity index (χ4n) is 1.52. The van der Waals surface area contributed by atoms with Crippen LogP contribution in [0.15, 0.2) is 18.2 Å². The van der Waals surface area contributed by atoms with Gasteiger partial charge in [0.2, 0.25) is 5.91 Å². The summed E-state index contributed by atoms with van der Waals surface area (Å²) < 4.78 is 18.3. The van der Waals surface area contributed by atoms with Gasteiger partial charge < -0.3 is 15.8 Å². The zero-order valence-electron chi connectivity index (χ0n) is 10.9. The van der Waals surface area contributed by atoms with Gasteiger partial charge in [-0.15, -0.1) is 0 Å². The second-order valence-electron chi connectivity index (χ2n) is 4.73. The van der Waals surface area contributed by atoms with E-state index in [2.05, 4.69) is 5.32 Å². The molecule has 1 aromatic rings. The molecule has 3 N–H and O–H groups in total. The topological polar surface area (TPSA) is 64.3 Å². The SMILES string of the molecule is COc1ccc(NC(=O)C(C)(C)CCN)cc1F. The molecule has 0 heterocycles. The Morgan fingerprint density at radius 2 is 2.17 bits per heavy atom. The van der Waals surface area contributed by atoms with E-state index in [0.717, 1.165) is 0 Å². The molecule has 0 aliphatic rings. The van der Waals surface area contributed by atoms with Crippen molar-refractivity contribution in [3.63, 3.8) is 0 Å². The number of carbonyl (C=O) groups excluding carboxylic acids is 1. The molecule has 0 bridgehead atoms. The zero-order chi connectivity index (χ0) is 13.8. The summed E-state index contributed by atoms with van der Waals surface area (Å²) in [6.07, 6.45) is 0.567. The molecule has 100 valence electrons. The summed E-state index contributed by atoms with van der Waals surface area (Å²) in [6, 6.07) is 4.30. The van der Waals surface area contributed by atoms with Gasteiger partial charge in [-0.2, -0.15) is 0 Å². The maximum atomic E-state index is 13.4. The Labute approximate surface area is 106 Å². The molecule has 1 rings (SSSR count). The first-order valence-corrected chi connectivity index (χ1v) is 5.76. The highest BCUT2D eigenvalue weighted by molar-refractivity contribution is 5.94. The number of halogens is 1. The van der Waals surface area contributed by atoms with Gasteiger partial charge in [0, 0.05) is 17.2 Å². The lowest BCUT2D eigenvalue weighted by Gasteiger charge is -2.22. The maximum Gasteiger partial charge on any atom is 0.230 e. The molecular weight excluding hydrogens is 235 g/mol. The van der Waals surface area contributed by atoms with Crippen LogP contribution in [0.5, 0.6) is 5.75 Å². The van der Waals surface area contributed by atoms with Crippen LogP contribution in [0.1, 0.15) is 20.3 Å². The van der Waals surface area contributed by atoms with Crippen molar-refractivity contribution >= 4 is 11.6 Å². The first kappa shape index (κ1) is 14.4. The minimum absolute atomic E-state index is 0.147. The van der Waals surface area contributed by atoms with Crippen LogP contribution in [0.3, 0.4) is 0 Å². The van der Waals surface area contributed by atoms with Crippen LogP contribution >= 0.6 is 0 Å². The van der Waals surface area contributed by atoms with E-state index in [1.54, 1.807) is 19.9 Å². The van der Waals surface area contributed by atoms with Crippen LogP contribution in [0.25, 0.3) is 0 Å². The Bertz CT molecular complexity index is 433. The molecule has 0 aliphatic heterocycles. The molecular formula is C13H19FN2O2. The first-order valence-electron chi connectivity index (χ1n) is 5.76. The number of amides is 1. The summed E-state index contributed by atoms with van der Waals surface area (Å²) in [5, 5.41) is 2.67. The standard InChI is InChI=1S/C13H19FN2O2/c1-13(2,6-7-15)12(17)16-9-4-5-11(18-3)10(14)8-9/h4-5,8H,6-7,15H2,1-3H3,(H,16,17). The van der Waals surface area contributed by atoms with Crippen molar-refractivity contribution in [1.82, 2.24) is 0 Å². The van der Waals surface area contributed by atoms with Gasteiger partial charge in [-0.25, -0.2) is 4.39 Å². The van der Waals surface area contributed by atoms with Crippen LogP contribution in [-0.2, 0) is 4.79 Å². The number of benzene rings is 1. The number of nitrogens with two attached hydrogens (primary N) is 1. The van der Waals surface area contributed by atoms with E-state index >= 15 is 0 Å². The third-order valence-electron chi connectivity index (χ3n) is 2.79. The number of anilines is 1. The van der Waals surface area contributed by atoms with Gasteiger partial charge in [0.1, 0.15) is 0 Å². The van der Waals surface area contributed by atoms with Crippen LogP contribution < -0.4 is 15.8 Å². The molecule has 0 spiro atoms. The molecule has 18 heavy (non-hydrogen) atoms. The molecule has 0 saturated heterocycles. The summed E-state index contributed by atoms with van der Waals surface area (Å²) >= 11 is 0. The normalized spacial score (nSPS) is 11.2. The average molecular weight is 254 g/mol. The molecule has 0 unspecified atom stereocenters. The van der Waals surface area contributed by atoms with Crippen LogP contribution in [0.4, 0.5) is 10.1 Å². The van der Waals surface area contributed by atoms with Gasteiger partial charge in [-0.1, -0.05) is 13.8 Å². The number of nitrogens with one attached hydrogen (secondary N) is 1. The molecule has 5 heteroatoms. The summed E-state index contributed by atoms with van der Waals surface area (Å²) in [5.74, 6) is -0.543. The Morgan fingerprint density at radius 3 is 2.67 bits per heavy atom. The quantitative estimate of drug-likeness (QED) is 0.846. The molecule has 4 nitrogen and oxygen atoms in total. The summed E-state index contributed by atoms with van der Waals surface area (Å²) in [6.45, 7) is 4.03. The number of rotatable bonds is 5. The van der Waals surface area contributed by atoms with E-state index < -0.39 is 11.2 Å². The van der Waals surface area contributed by atoms with Crippen molar-refractivity contribution in [2.75, 3.05) is 19.0 Å². The summed E-state index contributed by atoms with van der Waals surface area (Å²) in [4.78, 5) is 12.0. The van der Waals surface area contributed by atoms with Crippen molar-refractivity contribution < 1.29 is 13.9 Å². The van der Waals surface area contributed by atoms with Gasteiger partial charge in [0.05, 0.1) is 7.11 Å². The largest absolute Gasteiger partial charge is 0.494 e. The van der Waals surface area contributed by atoms with Gasteiger partial charge in [-0.3, -0.25) is 4.79 Å². The zero-order valence-corrected chi connectivity index (χ0v) is 10.9. The lowest BCUT2D eigenvalue weighted by atomic mass is 9.88. The van der Waals surface area contributed by atoms with Gasteiger partial charge >= 0.3 is 0 Å². The Kier molecular flexibility index (Phi) is 4.67. The van der Waals surface area contributed by atoms with Crippen molar-refractivity contribution in [2.24, 2.45) is 11.1 Å². The number of carbonyl (C=O) groups is 1.